The molecule has 0 heterocycles. The van der Waals surface area contributed by atoms with Crippen molar-refractivity contribution in [2.75, 3.05) is 16.6 Å². The third kappa shape index (κ3) is 5.98. The number of hydrogen-bond acceptors (Lipinski definition) is 4. The summed E-state index contributed by atoms with van der Waals surface area (Å²) in [4.78, 5) is 12.3. The van der Waals surface area contributed by atoms with Crippen LogP contribution in [-0.2, 0) is 21.2 Å². The molecule has 3 aromatic carbocycles. The molecule has 156 valence electrons. The van der Waals surface area contributed by atoms with Crippen LogP contribution in [0, 0.1) is 0 Å². The third-order valence-corrected chi connectivity index (χ3v) is 5.79. The van der Waals surface area contributed by atoms with E-state index in [1.165, 1.54) is 12.1 Å². The predicted molar refractivity (Wildman–Crippen MR) is 119 cm³/mol. The zero-order valence-electron chi connectivity index (χ0n) is 16.3. The smallest absolute Gasteiger partial charge is 0.261 e. The van der Waals surface area contributed by atoms with Crippen molar-refractivity contribution in [1.82, 2.24) is 0 Å². The standard InChI is InChI=1S/C22H21ClN2O4S/c1-2-29-20-11-7-19(8-12-20)25-30(27,28)21-13-9-18(10-14-21)24-22(26)15-16-3-5-17(23)6-4-16/h3-14,25H,2,15H2,1H3,(H,24,26). The van der Waals surface area contributed by atoms with E-state index in [-0.39, 0.29) is 17.2 Å². The lowest BCUT2D eigenvalue weighted by Crippen LogP contribution is -2.15. The van der Waals surface area contributed by atoms with E-state index in [4.69, 9.17) is 16.3 Å². The Morgan fingerprint density at radius 1 is 0.900 bits per heavy atom. The molecule has 2 N–H and O–H groups in total. The Bertz CT molecular complexity index is 1100. The van der Waals surface area contributed by atoms with Gasteiger partial charge in [-0.3, -0.25) is 9.52 Å². The molecule has 0 aliphatic carbocycles. The molecular weight excluding hydrogens is 424 g/mol. The van der Waals surface area contributed by atoms with Crippen LogP contribution in [0.15, 0.2) is 77.7 Å². The second kappa shape index (κ2) is 9.65. The number of ether oxygens (including phenoxy) is 1. The molecule has 0 radical (unpaired) electrons. The molecule has 0 bridgehead atoms. The van der Waals surface area contributed by atoms with E-state index < -0.39 is 10.0 Å². The number of carbonyl (C=O) groups is 1. The highest BCUT2D eigenvalue weighted by molar-refractivity contribution is 7.92. The maximum atomic E-state index is 12.6. The molecule has 0 aliphatic rings. The predicted octanol–water partition coefficient (Wildman–Crippen LogP) is 4.72. The van der Waals surface area contributed by atoms with Crippen molar-refractivity contribution in [3.63, 3.8) is 0 Å². The highest BCUT2D eigenvalue weighted by atomic mass is 35.5. The fraction of sp³-hybridized carbons (Fsp3) is 0.136. The van der Waals surface area contributed by atoms with Gasteiger partial charge in [0, 0.05) is 16.4 Å². The molecule has 0 saturated carbocycles. The van der Waals surface area contributed by atoms with Crippen LogP contribution < -0.4 is 14.8 Å². The van der Waals surface area contributed by atoms with Crippen molar-refractivity contribution in [3.05, 3.63) is 83.4 Å². The van der Waals surface area contributed by atoms with E-state index in [9.17, 15) is 13.2 Å². The van der Waals surface area contributed by atoms with Crippen LogP contribution in [0.2, 0.25) is 5.02 Å². The first-order chi connectivity index (χ1) is 14.4. The summed E-state index contributed by atoms with van der Waals surface area (Å²) in [6, 6.07) is 19.6. The van der Waals surface area contributed by atoms with Crippen LogP contribution in [0.5, 0.6) is 5.75 Å². The summed E-state index contributed by atoms with van der Waals surface area (Å²) in [6.45, 7) is 2.41. The van der Waals surface area contributed by atoms with E-state index >= 15 is 0 Å². The molecule has 0 atom stereocenters. The Morgan fingerprint density at radius 2 is 1.50 bits per heavy atom. The monoisotopic (exact) mass is 444 g/mol. The molecule has 30 heavy (non-hydrogen) atoms. The SMILES string of the molecule is CCOc1ccc(NS(=O)(=O)c2ccc(NC(=O)Cc3ccc(Cl)cc3)cc2)cc1. The molecule has 0 aromatic heterocycles. The maximum Gasteiger partial charge on any atom is 0.261 e. The molecule has 3 aromatic rings. The molecule has 0 aliphatic heterocycles. The average Bonchev–Trinajstić information content (AvgIpc) is 2.71. The number of hydrogen-bond donors (Lipinski definition) is 2. The molecule has 1 amide bonds. The van der Waals surface area contributed by atoms with Gasteiger partial charge in [-0.25, -0.2) is 8.42 Å². The van der Waals surface area contributed by atoms with Gasteiger partial charge in [-0.1, -0.05) is 23.7 Å². The number of rotatable bonds is 8. The van der Waals surface area contributed by atoms with Crippen molar-refractivity contribution < 1.29 is 17.9 Å². The summed E-state index contributed by atoms with van der Waals surface area (Å²) in [5, 5.41) is 3.36. The van der Waals surface area contributed by atoms with E-state index in [0.717, 1.165) is 5.56 Å². The van der Waals surface area contributed by atoms with E-state index in [1.54, 1.807) is 60.7 Å². The van der Waals surface area contributed by atoms with Crippen LogP contribution >= 0.6 is 11.6 Å². The van der Waals surface area contributed by atoms with Crippen molar-refractivity contribution >= 4 is 38.9 Å². The van der Waals surface area contributed by atoms with Crippen molar-refractivity contribution in [1.29, 1.82) is 0 Å². The summed E-state index contributed by atoms with van der Waals surface area (Å²) in [7, 11) is -3.75. The maximum absolute atomic E-state index is 12.6. The van der Waals surface area contributed by atoms with Gasteiger partial charge in [0.05, 0.1) is 17.9 Å². The summed E-state index contributed by atoms with van der Waals surface area (Å²) < 4.78 is 33.0. The minimum atomic E-state index is -3.75. The normalized spacial score (nSPS) is 11.0. The first-order valence-electron chi connectivity index (χ1n) is 9.26. The quantitative estimate of drug-likeness (QED) is 0.526. The minimum absolute atomic E-state index is 0.0899. The zero-order chi connectivity index (χ0) is 21.6. The van der Waals surface area contributed by atoms with Gasteiger partial charge in [-0.05, 0) is 73.2 Å². The van der Waals surface area contributed by atoms with Crippen LogP contribution in [-0.4, -0.2) is 20.9 Å². The number of halogens is 1. The number of carbonyl (C=O) groups excluding carboxylic acids is 1. The van der Waals surface area contributed by atoms with E-state index in [2.05, 4.69) is 10.0 Å². The average molecular weight is 445 g/mol. The molecular formula is C22H21ClN2O4S. The van der Waals surface area contributed by atoms with Gasteiger partial charge in [0.15, 0.2) is 0 Å². The summed E-state index contributed by atoms with van der Waals surface area (Å²) in [6.07, 6.45) is 0.191. The third-order valence-electron chi connectivity index (χ3n) is 4.14. The highest BCUT2D eigenvalue weighted by Gasteiger charge is 2.14. The lowest BCUT2D eigenvalue weighted by molar-refractivity contribution is -0.115. The van der Waals surface area contributed by atoms with Crippen LogP contribution in [0.3, 0.4) is 0 Å². The molecule has 0 fully saturated rings. The van der Waals surface area contributed by atoms with Gasteiger partial charge < -0.3 is 10.1 Å². The summed E-state index contributed by atoms with van der Waals surface area (Å²) in [5.74, 6) is 0.458. The van der Waals surface area contributed by atoms with Crippen LogP contribution in [0.25, 0.3) is 0 Å². The summed E-state index contributed by atoms with van der Waals surface area (Å²) >= 11 is 5.84. The van der Waals surface area contributed by atoms with Crippen LogP contribution in [0.4, 0.5) is 11.4 Å². The first-order valence-corrected chi connectivity index (χ1v) is 11.1. The lowest BCUT2D eigenvalue weighted by Gasteiger charge is -2.10. The Morgan fingerprint density at radius 3 is 2.10 bits per heavy atom. The Labute approximate surface area is 180 Å². The van der Waals surface area contributed by atoms with Gasteiger partial charge >= 0.3 is 0 Å². The van der Waals surface area contributed by atoms with Gasteiger partial charge in [0.2, 0.25) is 5.91 Å². The van der Waals surface area contributed by atoms with E-state index in [0.29, 0.717) is 28.8 Å². The zero-order valence-corrected chi connectivity index (χ0v) is 17.8. The lowest BCUT2D eigenvalue weighted by atomic mass is 10.1. The first kappa shape index (κ1) is 21.7. The second-order valence-corrected chi connectivity index (χ2v) is 8.56. The molecule has 3 rings (SSSR count). The van der Waals surface area contributed by atoms with Gasteiger partial charge in [-0.15, -0.1) is 0 Å². The topological polar surface area (TPSA) is 84.5 Å². The molecule has 8 heteroatoms. The van der Waals surface area contributed by atoms with Gasteiger partial charge in [0.25, 0.3) is 10.0 Å². The number of nitrogens with one attached hydrogen (secondary N) is 2. The second-order valence-electron chi connectivity index (χ2n) is 6.44. The minimum Gasteiger partial charge on any atom is -0.494 e. The van der Waals surface area contributed by atoms with Crippen molar-refractivity contribution in [3.8, 4) is 5.75 Å². The van der Waals surface area contributed by atoms with Crippen molar-refractivity contribution in [2.45, 2.75) is 18.2 Å². The number of sulfonamides is 1. The van der Waals surface area contributed by atoms with E-state index in [1.807, 2.05) is 6.92 Å². The number of benzene rings is 3. The van der Waals surface area contributed by atoms with Gasteiger partial charge in [-0.2, -0.15) is 0 Å². The Balaban J connectivity index is 1.62. The summed E-state index contributed by atoms with van der Waals surface area (Å²) in [5.41, 5.74) is 1.77. The largest absolute Gasteiger partial charge is 0.494 e. The van der Waals surface area contributed by atoms with Crippen LogP contribution in [0.1, 0.15) is 12.5 Å². The molecule has 6 nitrogen and oxygen atoms in total. The highest BCUT2D eigenvalue weighted by Crippen LogP contribution is 2.21. The molecule has 0 unspecified atom stereocenters. The molecule has 0 saturated heterocycles. The number of anilines is 2. The number of amides is 1. The Kier molecular flexibility index (Phi) is 6.97. The van der Waals surface area contributed by atoms with Crippen molar-refractivity contribution in [2.24, 2.45) is 0 Å². The molecule has 0 spiro atoms. The fourth-order valence-corrected chi connectivity index (χ4v) is 3.89. The van der Waals surface area contributed by atoms with Gasteiger partial charge in [0.1, 0.15) is 5.75 Å². The fourth-order valence-electron chi connectivity index (χ4n) is 2.71. The Hall–Kier alpha value is -3.03.